The van der Waals surface area contributed by atoms with E-state index >= 15 is 0 Å². The van der Waals surface area contributed by atoms with Crippen molar-refractivity contribution in [1.29, 1.82) is 0 Å². The van der Waals surface area contributed by atoms with Crippen molar-refractivity contribution in [2.45, 2.75) is 0 Å². The maximum atomic E-state index is 11.1. The highest BCUT2D eigenvalue weighted by Crippen LogP contribution is 2.43. The van der Waals surface area contributed by atoms with Gasteiger partial charge in [-0.1, -0.05) is 65.1 Å². The molecule has 0 aromatic heterocycles. The Bertz CT molecular complexity index is 614. The second-order valence-corrected chi connectivity index (χ2v) is 4.67. The molecule has 0 radical (unpaired) electrons. The van der Waals surface area contributed by atoms with E-state index in [1.54, 1.807) is 24.3 Å². The zero-order valence-electron chi connectivity index (χ0n) is 8.86. The molecule has 3 nitrogen and oxygen atoms in total. The third kappa shape index (κ3) is 2.29. The van der Waals surface area contributed by atoms with Gasteiger partial charge in [-0.05, 0) is 11.6 Å². The zero-order chi connectivity index (χ0) is 13.3. The molecule has 0 spiro atoms. The Morgan fingerprint density at radius 2 is 1.61 bits per heavy atom. The highest BCUT2D eigenvalue weighted by atomic mass is 35.5. The highest BCUT2D eigenvalue weighted by Gasteiger charge is 2.24. The van der Waals surface area contributed by atoms with Crippen LogP contribution in [0, 0.1) is 10.1 Å². The maximum Gasteiger partial charge on any atom is 0.297 e. The van der Waals surface area contributed by atoms with Gasteiger partial charge in [0.15, 0.2) is 0 Å². The van der Waals surface area contributed by atoms with Crippen LogP contribution < -0.4 is 0 Å². The Balaban J connectivity index is 2.78. The molecule has 0 aliphatic heterocycles. The van der Waals surface area contributed by atoms with Gasteiger partial charge in [0.25, 0.3) is 5.69 Å². The van der Waals surface area contributed by atoms with Crippen molar-refractivity contribution in [2.75, 3.05) is 0 Å². The third-order valence-electron chi connectivity index (χ3n) is 2.40. The first-order chi connectivity index (χ1) is 8.52. The second-order valence-electron chi connectivity index (χ2n) is 3.51. The minimum atomic E-state index is -0.563. The topological polar surface area (TPSA) is 43.1 Å². The van der Waals surface area contributed by atoms with E-state index in [4.69, 9.17) is 34.8 Å². The average molecular weight is 303 g/mol. The highest BCUT2D eigenvalue weighted by molar-refractivity contribution is 6.49. The van der Waals surface area contributed by atoms with Crippen LogP contribution in [0.5, 0.6) is 0 Å². The van der Waals surface area contributed by atoms with Crippen LogP contribution in [0.15, 0.2) is 36.4 Å². The minimum Gasteiger partial charge on any atom is -0.258 e. The summed E-state index contributed by atoms with van der Waals surface area (Å²) in [6.07, 6.45) is 0. The number of hydrogen-bond acceptors (Lipinski definition) is 2. The fourth-order valence-electron chi connectivity index (χ4n) is 1.60. The lowest BCUT2D eigenvalue weighted by molar-refractivity contribution is -0.384. The molecule has 0 unspecified atom stereocenters. The van der Waals surface area contributed by atoms with Crippen molar-refractivity contribution in [3.05, 3.63) is 61.6 Å². The molecule has 0 N–H and O–H groups in total. The van der Waals surface area contributed by atoms with Crippen LogP contribution in [0.4, 0.5) is 5.69 Å². The van der Waals surface area contributed by atoms with Crippen molar-refractivity contribution in [2.24, 2.45) is 0 Å². The van der Waals surface area contributed by atoms with Gasteiger partial charge in [0.2, 0.25) is 0 Å². The van der Waals surface area contributed by atoms with E-state index in [1.807, 2.05) is 6.07 Å². The van der Waals surface area contributed by atoms with Crippen molar-refractivity contribution in [3.8, 4) is 11.1 Å². The van der Waals surface area contributed by atoms with Crippen LogP contribution in [-0.4, -0.2) is 4.92 Å². The number of hydrogen-bond donors (Lipinski definition) is 0. The standard InChI is InChI=1S/C12H6Cl3NO2/c13-9-6-8(7-4-2-1-3-5-7)12(16(17)18)11(15)10(9)14/h1-6H. The number of nitro benzene ring substituents is 1. The van der Waals surface area contributed by atoms with E-state index in [0.717, 1.165) is 0 Å². The van der Waals surface area contributed by atoms with E-state index < -0.39 is 4.92 Å². The number of halogens is 3. The molecule has 0 amide bonds. The van der Waals surface area contributed by atoms with Gasteiger partial charge in [-0.3, -0.25) is 10.1 Å². The summed E-state index contributed by atoms with van der Waals surface area (Å²) in [5.74, 6) is 0. The summed E-state index contributed by atoms with van der Waals surface area (Å²) in [5, 5.41) is 11.1. The van der Waals surface area contributed by atoms with Gasteiger partial charge in [-0.2, -0.15) is 0 Å². The Kier molecular flexibility index (Phi) is 3.76. The molecule has 0 aliphatic rings. The fraction of sp³-hybridized carbons (Fsp3) is 0. The minimum absolute atomic E-state index is 0.00952. The second kappa shape index (κ2) is 5.14. The lowest BCUT2D eigenvalue weighted by atomic mass is 10.0. The molecular formula is C12H6Cl3NO2. The molecule has 0 saturated carbocycles. The first-order valence-electron chi connectivity index (χ1n) is 4.89. The van der Waals surface area contributed by atoms with Crippen LogP contribution in [0.25, 0.3) is 11.1 Å². The Hall–Kier alpha value is -1.29. The Morgan fingerprint density at radius 3 is 2.17 bits per heavy atom. The molecule has 0 saturated heterocycles. The van der Waals surface area contributed by atoms with Gasteiger partial charge < -0.3 is 0 Å². The van der Waals surface area contributed by atoms with Gasteiger partial charge in [-0.25, -0.2) is 0 Å². The van der Waals surface area contributed by atoms with Gasteiger partial charge in [0.05, 0.1) is 20.5 Å². The largest absolute Gasteiger partial charge is 0.297 e. The molecule has 0 bridgehead atoms. The molecule has 2 aromatic carbocycles. The Labute approximate surface area is 118 Å². The molecular weight excluding hydrogens is 296 g/mol. The van der Waals surface area contributed by atoms with E-state index in [2.05, 4.69) is 0 Å². The predicted octanol–water partition coefficient (Wildman–Crippen LogP) is 5.22. The molecule has 92 valence electrons. The molecule has 2 aromatic rings. The van der Waals surface area contributed by atoms with Gasteiger partial charge in [0, 0.05) is 0 Å². The number of benzene rings is 2. The molecule has 0 aliphatic carbocycles. The number of nitro groups is 1. The smallest absolute Gasteiger partial charge is 0.258 e. The summed E-state index contributed by atoms with van der Waals surface area (Å²) < 4.78 is 0. The number of rotatable bonds is 2. The molecule has 0 fully saturated rings. The van der Waals surface area contributed by atoms with Crippen molar-refractivity contribution >= 4 is 40.5 Å². The van der Waals surface area contributed by atoms with Gasteiger partial charge >= 0.3 is 0 Å². The normalized spacial score (nSPS) is 10.4. The summed E-state index contributed by atoms with van der Waals surface area (Å²) in [6.45, 7) is 0. The first kappa shape index (κ1) is 13.1. The molecule has 6 heteroatoms. The molecule has 0 heterocycles. The van der Waals surface area contributed by atoms with Crippen molar-refractivity contribution in [3.63, 3.8) is 0 Å². The summed E-state index contributed by atoms with van der Waals surface area (Å²) in [7, 11) is 0. The van der Waals surface area contributed by atoms with E-state index in [0.29, 0.717) is 11.1 Å². The fourth-order valence-corrected chi connectivity index (χ4v) is 2.27. The molecule has 0 atom stereocenters. The van der Waals surface area contributed by atoms with Crippen molar-refractivity contribution < 1.29 is 4.92 Å². The van der Waals surface area contributed by atoms with Crippen LogP contribution >= 0.6 is 34.8 Å². The quantitative estimate of drug-likeness (QED) is 0.433. The van der Waals surface area contributed by atoms with Crippen LogP contribution in [0.1, 0.15) is 0 Å². The average Bonchev–Trinajstić information content (AvgIpc) is 2.36. The zero-order valence-corrected chi connectivity index (χ0v) is 11.1. The van der Waals surface area contributed by atoms with Crippen LogP contribution in [-0.2, 0) is 0 Å². The van der Waals surface area contributed by atoms with Crippen LogP contribution in [0.3, 0.4) is 0 Å². The lowest BCUT2D eigenvalue weighted by Crippen LogP contribution is -1.94. The summed E-state index contributed by atoms with van der Waals surface area (Å²) >= 11 is 17.6. The third-order valence-corrected chi connectivity index (χ3v) is 3.66. The van der Waals surface area contributed by atoms with Crippen LogP contribution in [0.2, 0.25) is 15.1 Å². The van der Waals surface area contributed by atoms with Gasteiger partial charge in [-0.15, -0.1) is 0 Å². The summed E-state index contributed by atoms with van der Waals surface area (Å²) in [6, 6.07) is 10.3. The van der Waals surface area contributed by atoms with E-state index in [1.165, 1.54) is 6.07 Å². The summed E-state index contributed by atoms with van der Waals surface area (Å²) in [4.78, 5) is 10.5. The van der Waals surface area contributed by atoms with E-state index in [9.17, 15) is 10.1 Å². The summed E-state index contributed by atoms with van der Waals surface area (Å²) in [5.41, 5.74) is 0.766. The molecule has 2 rings (SSSR count). The lowest BCUT2D eigenvalue weighted by Gasteiger charge is -2.07. The maximum absolute atomic E-state index is 11.1. The first-order valence-corrected chi connectivity index (χ1v) is 6.03. The van der Waals surface area contributed by atoms with Crippen molar-refractivity contribution in [1.82, 2.24) is 0 Å². The van der Waals surface area contributed by atoms with Gasteiger partial charge in [0.1, 0.15) is 5.02 Å². The predicted molar refractivity (Wildman–Crippen MR) is 73.6 cm³/mol. The van der Waals surface area contributed by atoms with E-state index in [-0.39, 0.29) is 20.8 Å². The SMILES string of the molecule is O=[N+]([O-])c1c(-c2ccccc2)cc(Cl)c(Cl)c1Cl. The molecule has 18 heavy (non-hydrogen) atoms. The Morgan fingerprint density at radius 1 is 1.00 bits per heavy atom. The number of nitrogens with zero attached hydrogens (tertiary/aromatic N) is 1. The monoisotopic (exact) mass is 301 g/mol.